The normalized spacial score (nSPS) is 11.5. The van der Waals surface area contributed by atoms with Crippen LogP contribution in [0.15, 0.2) is 48.5 Å². The summed E-state index contributed by atoms with van der Waals surface area (Å²) in [6.45, 7) is 0.421. The highest BCUT2D eigenvalue weighted by molar-refractivity contribution is 7.88. The maximum absolute atomic E-state index is 13.2. The number of nitrogens with one attached hydrogen (secondary N) is 1. The van der Waals surface area contributed by atoms with Crippen LogP contribution in [-0.4, -0.2) is 44.5 Å². The molecule has 26 heavy (non-hydrogen) atoms. The highest BCUT2D eigenvalue weighted by Gasteiger charge is 2.17. The largest absolute Gasteiger partial charge is 0.351 e. The lowest BCUT2D eigenvalue weighted by atomic mass is 10.1. The van der Waals surface area contributed by atoms with Crippen molar-refractivity contribution < 1.29 is 22.0 Å². The molecule has 0 heterocycles. The van der Waals surface area contributed by atoms with Gasteiger partial charge in [-0.1, -0.05) is 30.3 Å². The Morgan fingerprint density at radius 3 is 2.35 bits per heavy atom. The summed E-state index contributed by atoms with van der Waals surface area (Å²) < 4.78 is 51.1. The maximum atomic E-state index is 13.2. The molecular weight excluding hydrogens is 362 g/mol. The molecule has 0 saturated carbocycles. The van der Waals surface area contributed by atoms with Crippen molar-refractivity contribution in [2.75, 3.05) is 25.9 Å². The van der Waals surface area contributed by atoms with Gasteiger partial charge in [0.2, 0.25) is 10.0 Å². The van der Waals surface area contributed by atoms with E-state index in [9.17, 15) is 22.0 Å². The molecule has 0 aliphatic rings. The second-order valence-corrected chi connectivity index (χ2v) is 7.76. The van der Waals surface area contributed by atoms with E-state index in [4.69, 9.17) is 0 Å². The summed E-state index contributed by atoms with van der Waals surface area (Å²) in [6.07, 6.45) is 1.65. The number of carbonyl (C=O) groups excluding carboxylic acids is 1. The van der Waals surface area contributed by atoms with E-state index in [0.29, 0.717) is 6.42 Å². The summed E-state index contributed by atoms with van der Waals surface area (Å²) in [5, 5.41) is 2.51. The van der Waals surface area contributed by atoms with E-state index >= 15 is 0 Å². The molecular formula is C18H20F2N2O3S. The average Bonchev–Trinajstić information content (AvgIpc) is 2.60. The van der Waals surface area contributed by atoms with Gasteiger partial charge < -0.3 is 5.32 Å². The van der Waals surface area contributed by atoms with Crippen LogP contribution >= 0.6 is 0 Å². The Labute approximate surface area is 151 Å². The first-order chi connectivity index (χ1) is 12.3. The predicted molar refractivity (Wildman–Crippen MR) is 95.3 cm³/mol. The molecule has 0 aromatic heterocycles. The van der Waals surface area contributed by atoms with Crippen molar-refractivity contribution in [1.82, 2.24) is 9.62 Å². The summed E-state index contributed by atoms with van der Waals surface area (Å²) in [5.41, 5.74) is 0.978. The minimum absolute atomic E-state index is 0.0286. The second kappa shape index (κ2) is 8.86. The first-order valence-corrected chi connectivity index (χ1v) is 9.84. The molecule has 140 valence electrons. The monoisotopic (exact) mass is 382 g/mol. The highest BCUT2D eigenvalue weighted by atomic mass is 32.2. The molecule has 1 N–H and O–H groups in total. The number of hydrogen-bond acceptors (Lipinski definition) is 3. The number of sulfonamides is 1. The van der Waals surface area contributed by atoms with E-state index in [1.807, 2.05) is 30.3 Å². The molecule has 0 radical (unpaired) electrons. The van der Waals surface area contributed by atoms with Gasteiger partial charge in [0, 0.05) is 25.2 Å². The van der Waals surface area contributed by atoms with Gasteiger partial charge >= 0.3 is 0 Å². The molecule has 0 aliphatic carbocycles. The summed E-state index contributed by atoms with van der Waals surface area (Å²) in [6, 6.07) is 12.3. The molecule has 0 atom stereocenters. The third-order valence-electron chi connectivity index (χ3n) is 3.79. The molecule has 5 nitrogen and oxygen atoms in total. The Balaban J connectivity index is 1.90. The summed E-state index contributed by atoms with van der Waals surface area (Å²) in [7, 11) is -3.44. The van der Waals surface area contributed by atoms with E-state index in [1.54, 1.807) is 0 Å². The van der Waals surface area contributed by atoms with Crippen molar-refractivity contribution in [2.45, 2.75) is 6.42 Å². The van der Waals surface area contributed by atoms with Gasteiger partial charge in [-0.25, -0.2) is 21.5 Å². The lowest BCUT2D eigenvalue weighted by Crippen LogP contribution is -2.39. The van der Waals surface area contributed by atoms with Gasteiger partial charge in [0.25, 0.3) is 5.91 Å². The summed E-state index contributed by atoms with van der Waals surface area (Å²) >= 11 is 0. The third-order valence-corrected chi connectivity index (χ3v) is 5.09. The predicted octanol–water partition coefficient (Wildman–Crippen LogP) is 2.20. The Kier molecular flexibility index (Phi) is 6.82. The van der Waals surface area contributed by atoms with Crippen LogP contribution in [0, 0.1) is 11.6 Å². The number of benzene rings is 2. The van der Waals surface area contributed by atoms with E-state index < -0.39 is 27.6 Å². The zero-order valence-electron chi connectivity index (χ0n) is 14.3. The van der Waals surface area contributed by atoms with Crippen LogP contribution in [0.4, 0.5) is 8.78 Å². The van der Waals surface area contributed by atoms with Crippen molar-refractivity contribution in [3.8, 4) is 0 Å². The van der Waals surface area contributed by atoms with Gasteiger partial charge in [0.1, 0.15) is 0 Å². The van der Waals surface area contributed by atoms with Crippen molar-refractivity contribution in [3.63, 3.8) is 0 Å². The molecule has 0 aliphatic heterocycles. The molecule has 0 bridgehead atoms. The highest BCUT2D eigenvalue weighted by Crippen LogP contribution is 2.09. The van der Waals surface area contributed by atoms with Crippen LogP contribution in [0.25, 0.3) is 0 Å². The topological polar surface area (TPSA) is 66.5 Å². The first-order valence-electron chi connectivity index (χ1n) is 7.99. The fourth-order valence-electron chi connectivity index (χ4n) is 2.38. The SMILES string of the molecule is CS(=O)(=O)N(CCNC(=O)c1ccc(F)c(F)c1)CCc1ccccc1. The lowest BCUT2D eigenvalue weighted by molar-refractivity contribution is 0.0951. The van der Waals surface area contributed by atoms with E-state index in [1.165, 1.54) is 4.31 Å². The van der Waals surface area contributed by atoms with Gasteiger partial charge in [-0.3, -0.25) is 4.79 Å². The number of nitrogens with zero attached hydrogens (tertiary/aromatic N) is 1. The van der Waals surface area contributed by atoms with Crippen LogP contribution in [0.1, 0.15) is 15.9 Å². The van der Waals surface area contributed by atoms with Gasteiger partial charge in [0.05, 0.1) is 6.26 Å². The number of rotatable bonds is 8. The molecule has 0 unspecified atom stereocenters. The van der Waals surface area contributed by atoms with Gasteiger partial charge in [-0.05, 0) is 30.2 Å². The van der Waals surface area contributed by atoms with Gasteiger partial charge in [-0.2, -0.15) is 0 Å². The van der Waals surface area contributed by atoms with Crippen LogP contribution in [0.5, 0.6) is 0 Å². The Morgan fingerprint density at radius 2 is 1.73 bits per heavy atom. The van der Waals surface area contributed by atoms with Crippen LogP contribution in [-0.2, 0) is 16.4 Å². The van der Waals surface area contributed by atoms with Crippen molar-refractivity contribution in [2.24, 2.45) is 0 Å². The third kappa shape index (κ3) is 5.89. The zero-order chi connectivity index (χ0) is 19.2. The average molecular weight is 382 g/mol. The fraction of sp³-hybridized carbons (Fsp3) is 0.278. The van der Waals surface area contributed by atoms with Crippen LogP contribution in [0.3, 0.4) is 0 Å². The summed E-state index contributed by atoms with van der Waals surface area (Å²) in [5.74, 6) is -2.75. The smallest absolute Gasteiger partial charge is 0.251 e. The fourth-order valence-corrected chi connectivity index (χ4v) is 3.22. The maximum Gasteiger partial charge on any atom is 0.251 e. The number of carbonyl (C=O) groups is 1. The second-order valence-electron chi connectivity index (χ2n) is 5.78. The molecule has 2 rings (SSSR count). The summed E-state index contributed by atoms with van der Waals surface area (Å²) in [4.78, 5) is 12.0. The van der Waals surface area contributed by atoms with Crippen molar-refractivity contribution >= 4 is 15.9 Å². The quantitative estimate of drug-likeness (QED) is 0.761. The number of hydrogen-bond donors (Lipinski definition) is 1. The molecule has 2 aromatic rings. The minimum atomic E-state index is -3.44. The lowest BCUT2D eigenvalue weighted by Gasteiger charge is -2.20. The van der Waals surface area contributed by atoms with E-state index in [0.717, 1.165) is 30.0 Å². The standard InChI is InChI=1S/C18H20F2N2O3S/c1-26(24,25)22(11-9-14-5-3-2-4-6-14)12-10-21-18(23)15-7-8-16(19)17(20)13-15/h2-8,13H,9-12H2,1H3,(H,21,23). The zero-order valence-corrected chi connectivity index (χ0v) is 15.1. The molecule has 0 fully saturated rings. The molecule has 2 aromatic carbocycles. The molecule has 0 spiro atoms. The van der Waals surface area contributed by atoms with Gasteiger partial charge in [-0.15, -0.1) is 0 Å². The molecule has 1 amide bonds. The molecule has 0 saturated heterocycles. The molecule has 8 heteroatoms. The van der Waals surface area contributed by atoms with E-state index in [2.05, 4.69) is 5.32 Å². The van der Waals surface area contributed by atoms with Crippen molar-refractivity contribution in [1.29, 1.82) is 0 Å². The number of amides is 1. The minimum Gasteiger partial charge on any atom is -0.351 e. The van der Waals surface area contributed by atoms with Gasteiger partial charge in [0.15, 0.2) is 11.6 Å². The first kappa shape index (κ1) is 20.0. The van der Waals surface area contributed by atoms with Crippen LogP contribution < -0.4 is 5.32 Å². The number of halogens is 2. The van der Waals surface area contributed by atoms with Crippen molar-refractivity contribution in [3.05, 3.63) is 71.3 Å². The van der Waals surface area contributed by atoms with E-state index in [-0.39, 0.29) is 25.2 Å². The Bertz CT molecular complexity index is 858. The van der Waals surface area contributed by atoms with Crippen LogP contribution in [0.2, 0.25) is 0 Å². The Morgan fingerprint density at radius 1 is 1.04 bits per heavy atom. The Hall–Kier alpha value is -2.32.